The molecule has 1 amide bonds. The average molecular weight is 250 g/mol. The van der Waals surface area contributed by atoms with Crippen molar-refractivity contribution in [3.05, 3.63) is 24.3 Å². The van der Waals surface area contributed by atoms with Crippen molar-refractivity contribution in [3.63, 3.8) is 0 Å². The molecule has 92 valence electrons. The highest BCUT2D eigenvalue weighted by atomic mass is 32.2. The first-order valence-corrected chi connectivity index (χ1v) is 7.17. The SMILES string of the molecule is CSc1ccc(NC2CCCNC(=O)C2)cc1. The summed E-state index contributed by atoms with van der Waals surface area (Å²) < 4.78 is 0. The third-order valence-corrected chi connectivity index (χ3v) is 3.69. The summed E-state index contributed by atoms with van der Waals surface area (Å²) in [6, 6.07) is 8.62. The van der Waals surface area contributed by atoms with Gasteiger partial charge in [0, 0.05) is 29.6 Å². The number of benzene rings is 1. The first kappa shape index (κ1) is 12.3. The molecule has 1 aromatic rings. The van der Waals surface area contributed by atoms with Gasteiger partial charge in [-0.05, 0) is 43.4 Å². The predicted octanol–water partition coefficient (Wildman–Crippen LogP) is 2.49. The second-order valence-electron chi connectivity index (χ2n) is 4.27. The largest absolute Gasteiger partial charge is 0.382 e. The topological polar surface area (TPSA) is 41.1 Å². The van der Waals surface area contributed by atoms with Gasteiger partial charge < -0.3 is 10.6 Å². The lowest BCUT2D eigenvalue weighted by molar-refractivity contribution is -0.120. The van der Waals surface area contributed by atoms with Gasteiger partial charge in [0.2, 0.25) is 5.91 Å². The summed E-state index contributed by atoms with van der Waals surface area (Å²) in [6.45, 7) is 0.808. The molecule has 0 saturated carbocycles. The Labute approximate surface area is 106 Å². The summed E-state index contributed by atoms with van der Waals surface area (Å²) in [4.78, 5) is 12.7. The first-order chi connectivity index (χ1) is 8.28. The van der Waals surface area contributed by atoms with Gasteiger partial charge in [0.15, 0.2) is 0 Å². The summed E-state index contributed by atoms with van der Waals surface area (Å²) in [6.07, 6.45) is 4.73. The van der Waals surface area contributed by atoms with Crippen molar-refractivity contribution >= 4 is 23.4 Å². The van der Waals surface area contributed by atoms with Crippen LogP contribution in [0.25, 0.3) is 0 Å². The Morgan fingerprint density at radius 3 is 2.82 bits per heavy atom. The molecule has 2 rings (SSSR count). The summed E-state index contributed by atoms with van der Waals surface area (Å²) >= 11 is 1.74. The Morgan fingerprint density at radius 2 is 2.12 bits per heavy atom. The number of hydrogen-bond donors (Lipinski definition) is 2. The lowest BCUT2D eigenvalue weighted by Crippen LogP contribution is -2.26. The quantitative estimate of drug-likeness (QED) is 0.810. The summed E-state index contributed by atoms with van der Waals surface area (Å²) in [5.74, 6) is 0.153. The van der Waals surface area contributed by atoms with E-state index in [9.17, 15) is 4.79 Å². The van der Waals surface area contributed by atoms with E-state index in [-0.39, 0.29) is 11.9 Å². The van der Waals surface area contributed by atoms with Crippen LogP contribution in [-0.4, -0.2) is 24.7 Å². The smallest absolute Gasteiger partial charge is 0.222 e. The van der Waals surface area contributed by atoms with E-state index in [1.165, 1.54) is 4.90 Å². The van der Waals surface area contributed by atoms with Crippen LogP contribution in [-0.2, 0) is 4.79 Å². The average Bonchev–Trinajstić information content (AvgIpc) is 2.55. The molecular formula is C13H18N2OS. The number of anilines is 1. The zero-order valence-corrected chi connectivity index (χ0v) is 10.8. The minimum Gasteiger partial charge on any atom is -0.382 e. The van der Waals surface area contributed by atoms with E-state index in [2.05, 4.69) is 41.2 Å². The number of hydrogen-bond acceptors (Lipinski definition) is 3. The first-order valence-electron chi connectivity index (χ1n) is 5.95. The minimum atomic E-state index is 0.153. The fourth-order valence-electron chi connectivity index (χ4n) is 2.02. The van der Waals surface area contributed by atoms with E-state index in [1.807, 2.05) is 0 Å². The van der Waals surface area contributed by atoms with Gasteiger partial charge in [0.1, 0.15) is 0 Å². The maximum absolute atomic E-state index is 11.4. The highest BCUT2D eigenvalue weighted by Gasteiger charge is 2.16. The van der Waals surface area contributed by atoms with E-state index in [1.54, 1.807) is 11.8 Å². The molecule has 1 aromatic carbocycles. The highest BCUT2D eigenvalue weighted by molar-refractivity contribution is 7.98. The second kappa shape index (κ2) is 5.96. The van der Waals surface area contributed by atoms with Crippen LogP contribution in [0.5, 0.6) is 0 Å². The highest BCUT2D eigenvalue weighted by Crippen LogP contribution is 2.19. The maximum atomic E-state index is 11.4. The van der Waals surface area contributed by atoms with Crippen molar-refractivity contribution in [2.75, 3.05) is 18.1 Å². The molecule has 1 saturated heterocycles. The second-order valence-corrected chi connectivity index (χ2v) is 5.15. The molecule has 0 spiro atoms. The van der Waals surface area contributed by atoms with E-state index < -0.39 is 0 Å². The van der Waals surface area contributed by atoms with Crippen LogP contribution in [0, 0.1) is 0 Å². The molecule has 1 aliphatic rings. The molecule has 4 heteroatoms. The number of carbonyl (C=O) groups excluding carboxylic acids is 1. The van der Waals surface area contributed by atoms with Gasteiger partial charge in [-0.1, -0.05) is 0 Å². The monoisotopic (exact) mass is 250 g/mol. The van der Waals surface area contributed by atoms with Crippen molar-refractivity contribution < 1.29 is 4.79 Å². The zero-order valence-electron chi connectivity index (χ0n) is 10.0. The number of thioether (sulfide) groups is 1. The molecule has 1 fully saturated rings. The Balaban J connectivity index is 1.96. The lowest BCUT2D eigenvalue weighted by Gasteiger charge is -2.16. The van der Waals surface area contributed by atoms with Crippen LogP contribution in [0.3, 0.4) is 0 Å². The molecule has 1 aliphatic heterocycles. The van der Waals surface area contributed by atoms with Crippen LogP contribution in [0.4, 0.5) is 5.69 Å². The number of rotatable bonds is 3. The number of amides is 1. The normalized spacial score (nSPS) is 20.5. The molecular weight excluding hydrogens is 232 g/mol. The molecule has 0 aliphatic carbocycles. The molecule has 0 radical (unpaired) electrons. The van der Waals surface area contributed by atoms with Gasteiger partial charge in [0.05, 0.1) is 0 Å². The molecule has 3 nitrogen and oxygen atoms in total. The third-order valence-electron chi connectivity index (χ3n) is 2.94. The Bertz CT molecular complexity index is 378. The zero-order chi connectivity index (χ0) is 12.1. The summed E-state index contributed by atoms with van der Waals surface area (Å²) in [5.41, 5.74) is 1.10. The standard InChI is InChI=1S/C13H18N2OS/c1-17-12-6-4-10(5-7-12)15-11-3-2-8-14-13(16)9-11/h4-7,11,15H,2-3,8-9H2,1H3,(H,14,16). The fraction of sp³-hybridized carbons (Fsp3) is 0.462. The number of nitrogens with one attached hydrogen (secondary N) is 2. The van der Waals surface area contributed by atoms with Gasteiger partial charge in [-0.25, -0.2) is 0 Å². The van der Waals surface area contributed by atoms with E-state index in [0.29, 0.717) is 6.42 Å². The van der Waals surface area contributed by atoms with Crippen LogP contribution in [0.15, 0.2) is 29.2 Å². The van der Waals surface area contributed by atoms with Gasteiger partial charge in [0.25, 0.3) is 0 Å². The van der Waals surface area contributed by atoms with E-state index in [4.69, 9.17) is 0 Å². The fourth-order valence-corrected chi connectivity index (χ4v) is 2.43. The molecule has 2 N–H and O–H groups in total. The van der Waals surface area contributed by atoms with Gasteiger partial charge in [-0.3, -0.25) is 4.79 Å². The molecule has 0 aromatic heterocycles. The minimum absolute atomic E-state index is 0.153. The van der Waals surface area contributed by atoms with Gasteiger partial charge in [-0.2, -0.15) is 0 Å². The van der Waals surface area contributed by atoms with E-state index in [0.717, 1.165) is 25.1 Å². The Morgan fingerprint density at radius 1 is 1.35 bits per heavy atom. The Kier molecular flexibility index (Phi) is 4.31. The predicted molar refractivity (Wildman–Crippen MR) is 72.5 cm³/mol. The van der Waals surface area contributed by atoms with Gasteiger partial charge >= 0.3 is 0 Å². The maximum Gasteiger partial charge on any atom is 0.222 e. The molecule has 1 heterocycles. The number of carbonyl (C=O) groups is 1. The van der Waals surface area contributed by atoms with Crippen molar-refractivity contribution in [2.24, 2.45) is 0 Å². The molecule has 1 unspecified atom stereocenters. The molecule has 1 atom stereocenters. The Hall–Kier alpha value is -1.16. The molecule has 17 heavy (non-hydrogen) atoms. The summed E-state index contributed by atoms with van der Waals surface area (Å²) in [5, 5.41) is 6.33. The van der Waals surface area contributed by atoms with Crippen molar-refractivity contribution in [1.29, 1.82) is 0 Å². The third kappa shape index (κ3) is 3.66. The lowest BCUT2D eigenvalue weighted by atomic mass is 10.1. The van der Waals surface area contributed by atoms with Crippen LogP contribution in [0.2, 0.25) is 0 Å². The van der Waals surface area contributed by atoms with Crippen LogP contribution < -0.4 is 10.6 Å². The summed E-state index contributed by atoms with van der Waals surface area (Å²) in [7, 11) is 0. The van der Waals surface area contributed by atoms with Crippen LogP contribution >= 0.6 is 11.8 Å². The van der Waals surface area contributed by atoms with Gasteiger partial charge in [-0.15, -0.1) is 11.8 Å². The molecule has 0 bridgehead atoms. The van der Waals surface area contributed by atoms with Crippen molar-refractivity contribution in [3.8, 4) is 0 Å². The van der Waals surface area contributed by atoms with E-state index >= 15 is 0 Å². The van der Waals surface area contributed by atoms with Crippen molar-refractivity contribution in [1.82, 2.24) is 5.32 Å². The van der Waals surface area contributed by atoms with Crippen molar-refractivity contribution in [2.45, 2.75) is 30.2 Å². The van der Waals surface area contributed by atoms with Crippen LogP contribution in [0.1, 0.15) is 19.3 Å².